The average Bonchev–Trinajstić information content (AvgIpc) is 3.22. The minimum Gasteiger partial charge on any atom is -0.494 e. The lowest BCUT2D eigenvalue weighted by molar-refractivity contribution is 0.385. The van der Waals surface area contributed by atoms with E-state index in [1.54, 1.807) is 17.1 Å². The number of methoxy groups -OCH3 is 1. The highest BCUT2D eigenvalue weighted by molar-refractivity contribution is 5.78. The van der Waals surface area contributed by atoms with E-state index in [0.29, 0.717) is 0 Å². The number of imidazole rings is 2. The molecule has 0 amide bonds. The van der Waals surface area contributed by atoms with E-state index in [2.05, 4.69) is 9.97 Å². The van der Waals surface area contributed by atoms with Crippen LogP contribution in [0.3, 0.4) is 0 Å². The summed E-state index contributed by atoms with van der Waals surface area (Å²) in [6.07, 6.45) is 4.87. The van der Waals surface area contributed by atoms with Crippen molar-refractivity contribution < 1.29 is 13.5 Å². The molecule has 126 valence electrons. The highest BCUT2D eigenvalue weighted by Gasteiger charge is 2.21. The third-order valence-corrected chi connectivity index (χ3v) is 4.13. The van der Waals surface area contributed by atoms with Crippen molar-refractivity contribution in [3.63, 3.8) is 0 Å². The molecule has 0 fully saturated rings. The Labute approximate surface area is 142 Å². The van der Waals surface area contributed by atoms with Crippen LogP contribution in [0.1, 0.15) is 0 Å². The normalized spacial score (nSPS) is 11.2. The van der Waals surface area contributed by atoms with Crippen molar-refractivity contribution in [2.45, 2.75) is 0 Å². The fourth-order valence-electron chi connectivity index (χ4n) is 2.86. The van der Waals surface area contributed by atoms with Crippen molar-refractivity contribution in [3.8, 4) is 22.8 Å². The molecule has 0 saturated heterocycles. The first-order chi connectivity index (χ1) is 12.1. The zero-order valence-corrected chi connectivity index (χ0v) is 13.6. The number of halogens is 2. The molecule has 0 bridgehead atoms. The summed E-state index contributed by atoms with van der Waals surface area (Å²) in [6.45, 7) is 0. The predicted octanol–water partition coefficient (Wildman–Crippen LogP) is 3.71. The van der Waals surface area contributed by atoms with Gasteiger partial charge in [-0.25, -0.2) is 18.7 Å². The third kappa shape index (κ3) is 2.36. The van der Waals surface area contributed by atoms with E-state index in [1.165, 1.54) is 25.4 Å². The van der Waals surface area contributed by atoms with Gasteiger partial charge in [-0.1, -0.05) is 0 Å². The molecule has 5 nitrogen and oxygen atoms in total. The third-order valence-electron chi connectivity index (χ3n) is 4.13. The van der Waals surface area contributed by atoms with E-state index in [0.717, 1.165) is 16.7 Å². The van der Waals surface area contributed by atoms with Crippen molar-refractivity contribution >= 4 is 11.0 Å². The van der Waals surface area contributed by atoms with Gasteiger partial charge in [-0.3, -0.25) is 4.57 Å². The molecule has 2 aromatic carbocycles. The summed E-state index contributed by atoms with van der Waals surface area (Å²) in [6, 6.07) is 8.00. The maximum absolute atomic E-state index is 14.6. The molecule has 0 N–H and O–H groups in total. The molecule has 7 heteroatoms. The van der Waals surface area contributed by atoms with E-state index in [-0.39, 0.29) is 17.1 Å². The standard InChI is InChI=1S/C18H14F2N4O/c1-23-10-22-13-5-3-11(9-14(13)23)24-8-7-21-18(24)16-12(19)4-6-15(25-2)17(16)20/h3-10H,1-2H3. The summed E-state index contributed by atoms with van der Waals surface area (Å²) in [5.74, 6) is -1.35. The Hall–Kier alpha value is -3.22. The number of hydrogen-bond acceptors (Lipinski definition) is 3. The quantitative estimate of drug-likeness (QED) is 0.571. The molecule has 0 aliphatic carbocycles. The molecule has 0 unspecified atom stereocenters. The molecule has 0 aliphatic heterocycles. The number of ether oxygens (including phenoxy) is 1. The second kappa shape index (κ2) is 5.70. The van der Waals surface area contributed by atoms with Gasteiger partial charge < -0.3 is 9.30 Å². The lowest BCUT2D eigenvalue weighted by Crippen LogP contribution is -2.02. The Kier molecular flexibility index (Phi) is 3.49. The second-order valence-corrected chi connectivity index (χ2v) is 5.59. The van der Waals surface area contributed by atoms with Crippen LogP contribution in [0, 0.1) is 11.6 Å². The number of hydrogen-bond donors (Lipinski definition) is 0. The van der Waals surface area contributed by atoms with Gasteiger partial charge in [0, 0.05) is 25.1 Å². The van der Waals surface area contributed by atoms with Gasteiger partial charge in [-0.05, 0) is 30.3 Å². The molecule has 2 heterocycles. The number of aryl methyl sites for hydroxylation is 1. The number of aromatic nitrogens is 4. The average molecular weight is 340 g/mol. The lowest BCUT2D eigenvalue weighted by Gasteiger charge is -2.12. The highest BCUT2D eigenvalue weighted by atomic mass is 19.1. The first kappa shape index (κ1) is 15.3. The van der Waals surface area contributed by atoms with Crippen molar-refractivity contribution in [2.24, 2.45) is 7.05 Å². The van der Waals surface area contributed by atoms with Gasteiger partial charge in [-0.15, -0.1) is 0 Å². The predicted molar refractivity (Wildman–Crippen MR) is 89.7 cm³/mol. The zero-order valence-electron chi connectivity index (χ0n) is 13.6. The molecule has 0 radical (unpaired) electrons. The highest BCUT2D eigenvalue weighted by Crippen LogP contribution is 2.32. The van der Waals surface area contributed by atoms with Gasteiger partial charge in [0.25, 0.3) is 0 Å². The van der Waals surface area contributed by atoms with Crippen LogP contribution >= 0.6 is 0 Å². The van der Waals surface area contributed by atoms with E-state index >= 15 is 0 Å². The summed E-state index contributed by atoms with van der Waals surface area (Å²) >= 11 is 0. The molecule has 0 saturated carbocycles. The van der Waals surface area contributed by atoms with Gasteiger partial charge in [0.2, 0.25) is 0 Å². The first-order valence-corrected chi connectivity index (χ1v) is 7.57. The Morgan fingerprint density at radius 1 is 1.08 bits per heavy atom. The number of benzene rings is 2. The van der Waals surface area contributed by atoms with Gasteiger partial charge in [-0.2, -0.15) is 0 Å². The van der Waals surface area contributed by atoms with Crippen molar-refractivity contribution in [2.75, 3.05) is 7.11 Å². The first-order valence-electron chi connectivity index (χ1n) is 7.57. The van der Waals surface area contributed by atoms with Crippen LogP contribution in [-0.4, -0.2) is 26.2 Å². The molecule has 4 aromatic rings. The van der Waals surface area contributed by atoms with Gasteiger partial charge in [0.15, 0.2) is 17.4 Å². The molecular formula is C18H14F2N4O. The maximum Gasteiger partial charge on any atom is 0.178 e. The van der Waals surface area contributed by atoms with E-state index < -0.39 is 11.6 Å². The number of rotatable bonds is 3. The topological polar surface area (TPSA) is 44.9 Å². The molecule has 0 aliphatic rings. The van der Waals surface area contributed by atoms with E-state index in [4.69, 9.17) is 4.74 Å². The fraction of sp³-hybridized carbons (Fsp3) is 0.111. The molecule has 0 atom stereocenters. The summed E-state index contributed by atoms with van der Waals surface area (Å²) < 4.78 is 37.4. The van der Waals surface area contributed by atoms with Gasteiger partial charge >= 0.3 is 0 Å². The lowest BCUT2D eigenvalue weighted by atomic mass is 10.1. The number of nitrogens with zero attached hydrogens (tertiary/aromatic N) is 4. The SMILES string of the molecule is COc1ccc(F)c(-c2nccn2-c2ccc3ncn(C)c3c2)c1F. The second-order valence-electron chi connectivity index (χ2n) is 5.59. The molecule has 25 heavy (non-hydrogen) atoms. The Morgan fingerprint density at radius 3 is 2.72 bits per heavy atom. The van der Waals surface area contributed by atoms with Crippen LogP contribution in [0.5, 0.6) is 5.75 Å². The van der Waals surface area contributed by atoms with Crippen LogP contribution in [0.2, 0.25) is 0 Å². The largest absolute Gasteiger partial charge is 0.494 e. The minimum absolute atomic E-state index is 0.0342. The maximum atomic E-state index is 14.6. The van der Waals surface area contributed by atoms with E-state index in [9.17, 15) is 8.78 Å². The zero-order chi connectivity index (χ0) is 17.6. The minimum atomic E-state index is -0.781. The summed E-state index contributed by atoms with van der Waals surface area (Å²) in [5.41, 5.74) is 2.25. The van der Waals surface area contributed by atoms with E-state index in [1.807, 2.05) is 29.8 Å². The Bertz CT molecular complexity index is 1080. The fourth-order valence-corrected chi connectivity index (χ4v) is 2.86. The smallest absolute Gasteiger partial charge is 0.178 e. The van der Waals surface area contributed by atoms with Crippen LogP contribution in [-0.2, 0) is 7.05 Å². The molecule has 2 aromatic heterocycles. The van der Waals surface area contributed by atoms with Crippen LogP contribution in [0.25, 0.3) is 28.1 Å². The Morgan fingerprint density at radius 2 is 1.92 bits per heavy atom. The summed E-state index contributed by atoms with van der Waals surface area (Å²) in [7, 11) is 3.22. The van der Waals surface area contributed by atoms with Crippen molar-refractivity contribution in [1.29, 1.82) is 0 Å². The monoisotopic (exact) mass is 340 g/mol. The van der Waals surface area contributed by atoms with Gasteiger partial charge in [0.1, 0.15) is 5.82 Å². The summed E-state index contributed by atoms with van der Waals surface area (Å²) in [4.78, 5) is 8.43. The Balaban J connectivity index is 1.93. The van der Waals surface area contributed by atoms with Gasteiger partial charge in [0.05, 0.1) is 30.0 Å². The van der Waals surface area contributed by atoms with Crippen LogP contribution in [0.15, 0.2) is 49.1 Å². The summed E-state index contributed by atoms with van der Waals surface area (Å²) in [5, 5.41) is 0. The number of fused-ring (bicyclic) bond motifs is 1. The molecule has 0 spiro atoms. The van der Waals surface area contributed by atoms with Crippen molar-refractivity contribution in [1.82, 2.24) is 19.1 Å². The van der Waals surface area contributed by atoms with Crippen molar-refractivity contribution in [3.05, 3.63) is 60.7 Å². The van der Waals surface area contributed by atoms with Crippen LogP contribution < -0.4 is 4.74 Å². The molecular weight excluding hydrogens is 326 g/mol. The molecule has 4 rings (SSSR count). The van der Waals surface area contributed by atoms with Crippen LogP contribution in [0.4, 0.5) is 8.78 Å².